The van der Waals surface area contributed by atoms with E-state index in [2.05, 4.69) is 24.1 Å². The Hall–Kier alpha value is -0.0800. The summed E-state index contributed by atoms with van der Waals surface area (Å²) >= 11 is 0. The normalized spacial score (nSPS) is 22.5. The molecule has 12 heavy (non-hydrogen) atoms. The van der Waals surface area contributed by atoms with E-state index in [-0.39, 0.29) is 0 Å². The Kier molecular flexibility index (Phi) is 4.62. The molecule has 0 bridgehead atoms. The van der Waals surface area contributed by atoms with Crippen LogP contribution in [-0.2, 0) is 0 Å². The Balaban J connectivity index is 2.15. The summed E-state index contributed by atoms with van der Waals surface area (Å²) in [6.07, 6.45) is 4.23. The molecule has 72 valence electrons. The lowest BCUT2D eigenvalue weighted by atomic mass is 10.1. The maximum Gasteiger partial charge on any atom is 0.0192 e. The molecule has 1 aliphatic heterocycles. The van der Waals surface area contributed by atoms with Crippen molar-refractivity contribution in [3.8, 4) is 0 Å². The summed E-state index contributed by atoms with van der Waals surface area (Å²) in [5.41, 5.74) is 0. The van der Waals surface area contributed by atoms with Crippen molar-refractivity contribution in [3.05, 3.63) is 0 Å². The lowest BCUT2D eigenvalue weighted by Crippen LogP contribution is -2.43. The zero-order chi connectivity index (χ0) is 8.81. The average molecular weight is 170 g/mol. The van der Waals surface area contributed by atoms with Gasteiger partial charge in [0.05, 0.1) is 0 Å². The summed E-state index contributed by atoms with van der Waals surface area (Å²) in [5.74, 6) is 0. The third-order valence-electron chi connectivity index (χ3n) is 2.70. The van der Waals surface area contributed by atoms with E-state index in [0.717, 1.165) is 19.1 Å². The maximum atomic E-state index is 3.40. The summed E-state index contributed by atoms with van der Waals surface area (Å²) in [4.78, 5) is 2.60. The summed E-state index contributed by atoms with van der Waals surface area (Å²) in [7, 11) is 0. The van der Waals surface area contributed by atoms with Crippen molar-refractivity contribution in [3.63, 3.8) is 0 Å². The zero-order valence-corrected chi connectivity index (χ0v) is 8.47. The van der Waals surface area contributed by atoms with Gasteiger partial charge >= 0.3 is 0 Å². The Morgan fingerprint density at radius 2 is 1.92 bits per heavy atom. The molecule has 1 heterocycles. The SMILES string of the molecule is CCNC[C@@H](C)N1CCCCC1. The summed E-state index contributed by atoms with van der Waals surface area (Å²) in [6, 6.07) is 0.727. The first-order valence-electron chi connectivity index (χ1n) is 5.29. The van der Waals surface area contributed by atoms with Gasteiger partial charge in [0.1, 0.15) is 0 Å². The molecule has 1 saturated heterocycles. The van der Waals surface area contributed by atoms with E-state index in [1.807, 2.05) is 0 Å². The minimum atomic E-state index is 0.727. The highest BCUT2D eigenvalue weighted by Gasteiger charge is 2.15. The minimum Gasteiger partial charge on any atom is -0.315 e. The molecule has 0 aromatic rings. The smallest absolute Gasteiger partial charge is 0.0192 e. The Bertz CT molecular complexity index is 108. The van der Waals surface area contributed by atoms with Crippen LogP contribution in [0.1, 0.15) is 33.1 Å². The van der Waals surface area contributed by atoms with Crippen LogP contribution in [0, 0.1) is 0 Å². The number of rotatable bonds is 4. The number of hydrogen-bond donors (Lipinski definition) is 1. The number of piperidine rings is 1. The Morgan fingerprint density at radius 1 is 1.25 bits per heavy atom. The van der Waals surface area contributed by atoms with Crippen molar-refractivity contribution in [2.75, 3.05) is 26.2 Å². The molecule has 1 atom stereocenters. The van der Waals surface area contributed by atoms with Gasteiger partial charge in [-0.3, -0.25) is 4.90 Å². The molecule has 0 spiro atoms. The fourth-order valence-electron chi connectivity index (χ4n) is 1.84. The van der Waals surface area contributed by atoms with Crippen molar-refractivity contribution in [1.29, 1.82) is 0 Å². The third kappa shape index (κ3) is 3.11. The third-order valence-corrected chi connectivity index (χ3v) is 2.70. The predicted octanol–water partition coefficient (Wildman–Crippen LogP) is 1.47. The number of hydrogen-bond acceptors (Lipinski definition) is 2. The number of likely N-dealkylation sites (N-methyl/N-ethyl adjacent to an activating group) is 1. The van der Waals surface area contributed by atoms with Crippen LogP contribution in [0.15, 0.2) is 0 Å². The van der Waals surface area contributed by atoms with Crippen LogP contribution in [-0.4, -0.2) is 37.1 Å². The first-order valence-corrected chi connectivity index (χ1v) is 5.29. The molecule has 1 fully saturated rings. The molecular weight excluding hydrogens is 148 g/mol. The molecule has 0 aromatic carbocycles. The van der Waals surface area contributed by atoms with Crippen LogP contribution >= 0.6 is 0 Å². The van der Waals surface area contributed by atoms with Crippen LogP contribution in [0.5, 0.6) is 0 Å². The van der Waals surface area contributed by atoms with E-state index in [1.165, 1.54) is 32.4 Å². The first kappa shape index (κ1) is 10.0. The van der Waals surface area contributed by atoms with Crippen molar-refractivity contribution in [1.82, 2.24) is 10.2 Å². The quantitative estimate of drug-likeness (QED) is 0.687. The van der Waals surface area contributed by atoms with E-state index in [9.17, 15) is 0 Å². The fraction of sp³-hybridized carbons (Fsp3) is 1.00. The Morgan fingerprint density at radius 3 is 2.50 bits per heavy atom. The highest BCUT2D eigenvalue weighted by Crippen LogP contribution is 2.11. The summed E-state index contributed by atoms with van der Waals surface area (Å²) in [5, 5.41) is 3.40. The van der Waals surface area contributed by atoms with Crippen LogP contribution in [0.3, 0.4) is 0 Å². The van der Waals surface area contributed by atoms with Crippen LogP contribution in [0.2, 0.25) is 0 Å². The van der Waals surface area contributed by atoms with E-state index >= 15 is 0 Å². The molecule has 0 saturated carbocycles. The maximum absolute atomic E-state index is 3.40. The van der Waals surface area contributed by atoms with Gasteiger partial charge in [-0.15, -0.1) is 0 Å². The molecule has 0 amide bonds. The van der Waals surface area contributed by atoms with Crippen molar-refractivity contribution in [2.45, 2.75) is 39.2 Å². The van der Waals surface area contributed by atoms with Gasteiger partial charge in [-0.1, -0.05) is 13.3 Å². The monoisotopic (exact) mass is 170 g/mol. The van der Waals surface area contributed by atoms with Gasteiger partial charge in [0.25, 0.3) is 0 Å². The topological polar surface area (TPSA) is 15.3 Å². The zero-order valence-electron chi connectivity index (χ0n) is 8.47. The van der Waals surface area contributed by atoms with Crippen LogP contribution < -0.4 is 5.32 Å². The lowest BCUT2D eigenvalue weighted by molar-refractivity contribution is 0.171. The second-order valence-electron chi connectivity index (χ2n) is 3.75. The standard InChI is InChI=1S/C10H22N2/c1-3-11-9-10(2)12-7-5-4-6-8-12/h10-11H,3-9H2,1-2H3/t10-/m1/s1. The summed E-state index contributed by atoms with van der Waals surface area (Å²) in [6.45, 7) is 9.37. The molecule has 0 unspecified atom stereocenters. The van der Waals surface area contributed by atoms with Gasteiger partial charge in [0.2, 0.25) is 0 Å². The number of nitrogens with one attached hydrogen (secondary N) is 1. The van der Waals surface area contributed by atoms with Crippen LogP contribution in [0.25, 0.3) is 0 Å². The summed E-state index contributed by atoms with van der Waals surface area (Å²) < 4.78 is 0. The van der Waals surface area contributed by atoms with Gasteiger partial charge in [0, 0.05) is 12.6 Å². The molecular formula is C10H22N2. The molecule has 0 aromatic heterocycles. The molecule has 0 aliphatic carbocycles. The highest BCUT2D eigenvalue weighted by molar-refractivity contribution is 4.72. The molecule has 1 aliphatic rings. The molecule has 1 rings (SSSR count). The second kappa shape index (κ2) is 5.55. The number of nitrogens with zero attached hydrogens (tertiary/aromatic N) is 1. The van der Waals surface area contributed by atoms with Gasteiger partial charge in [-0.2, -0.15) is 0 Å². The van der Waals surface area contributed by atoms with Crippen molar-refractivity contribution in [2.24, 2.45) is 0 Å². The average Bonchev–Trinajstić information content (AvgIpc) is 2.15. The van der Waals surface area contributed by atoms with E-state index < -0.39 is 0 Å². The highest BCUT2D eigenvalue weighted by atomic mass is 15.2. The molecule has 0 radical (unpaired) electrons. The molecule has 2 nitrogen and oxygen atoms in total. The largest absolute Gasteiger partial charge is 0.315 e. The molecule has 1 N–H and O–H groups in total. The van der Waals surface area contributed by atoms with Gasteiger partial charge in [-0.05, 0) is 39.4 Å². The van der Waals surface area contributed by atoms with Crippen LogP contribution in [0.4, 0.5) is 0 Å². The second-order valence-corrected chi connectivity index (χ2v) is 3.75. The number of likely N-dealkylation sites (tertiary alicyclic amines) is 1. The lowest BCUT2D eigenvalue weighted by Gasteiger charge is -2.32. The van der Waals surface area contributed by atoms with Gasteiger partial charge in [-0.25, -0.2) is 0 Å². The van der Waals surface area contributed by atoms with E-state index in [4.69, 9.17) is 0 Å². The van der Waals surface area contributed by atoms with Crippen molar-refractivity contribution >= 4 is 0 Å². The predicted molar refractivity (Wildman–Crippen MR) is 53.4 cm³/mol. The van der Waals surface area contributed by atoms with Crippen molar-refractivity contribution < 1.29 is 0 Å². The van der Waals surface area contributed by atoms with E-state index in [0.29, 0.717) is 0 Å². The van der Waals surface area contributed by atoms with Gasteiger partial charge in [0.15, 0.2) is 0 Å². The molecule has 2 heteroatoms. The first-order chi connectivity index (χ1) is 5.84. The Labute approximate surface area is 76.3 Å². The fourth-order valence-corrected chi connectivity index (χ4v) is 1.84. The minimum absolute atomic E-state index is 0.727. The van der Waals surface area contributed by atoms with E-state index in [1.54, 1.807) is 0 Å². The van der Waals surface area contributed by atoms with Gasteiger partial charge < -0.3 is 5.32 Å².